The summed E-state index contributed by atoms with van der Waals surface area (Å²) in [5.41, 5.74) is 0. The molecule has 18 heteroatoms. The molecule has 6 aromatic heterocycles. The first-order valence-electron chi connectivity index (χ1n) is 9.54. The van der Waals surface area contributed by atoms with E-state index >= 15 is 0 Å². The largest absolute Gasteiger partial charge is 2.00 e. The van der Waals surface area contributed by atoms with Gasteiger partial charge in [0.25, 0.3) is 0 Å². The molecule has 6 heterocycles. The third kappa shape index (κ3) is 9.86. The molecule has 6 N–H and O–H groups in total. The number of nitrogens with one attached hydrogen (secondary N) is 6. The molecule has 0 aliphatic carbocycles. The third-order valence-electron chi connectivity index (χ3n) is 3.66. The molecule has 0 amide bonds. The minimum Gasteiger partial charge on any atom is -0.759 e. The van der Waals surface area contributed by atoms with Crippen LogP contribution in [0.4, 0.5) is 0 Å². The van der Waals surface area contributed by atoms with E-state index in [2.05, 4.69) is 59.8 Å². The molecule has 0 aromatic carbocycles. The van der Waals surface area contributed by atoms with Gasteiger partial charge in [0.2, 0.25) is 0 Å². The van der Waals surface area contributed by atoms with Crippen LogP contribution in [-0.2, 0) is 26.9 Å². The monoisotopic (exact) mass is 556 g/mol. The van der Waals surface area contributed by atoms with Crippen molar-refractivity contribution in [2.75, 3.05) is 0 Å². The zero-order valence-electron chi connectivity index (χ0n) is 18.0. The summed E-state index contributed by atoms with van der Waals surface area (Å²) in [5.74, 6) is 4.61. The van der Waals surface area contributed by atoms with Gasteiger partial charge in [0.05, 0.1) is 0 Å². The van der Waals surface area contributed by atoms with Crippen LogP contribution >= 0.6 is 0 Å². The molecule has 0 unspecified atom stereocenters. The van der Waals surface area contributed by atoms with Crippen molar-refractivity contribution in [2.24, 2.45) is 0 Å². The summed E-state index contributed by atoms with van der Waals surface area (Å²) in [6, 6.07) is 0. The molecule has 0 bridgehead atoms. The van der Waals surface area contributed by atoms with Crippen LogP contribution < -0.4 is 0 Å². The van der Waals surface area contributed by atoms with Gasteiger partial charge in [-0.3, -0.25) is 8.42 Å². The van der Waals surface area contributed by atoms with Gasteiger partial charge in [-0.05, 0) is 0 Å². The van der Waals surface area contributed by atoms with Gasteiger partial charge in [-0.1, -0.05) is 0 Å². The summed E-state index contributed by atoms with van der Waals surface area (Å²) < 4.78 is 34.1. The quantitative estimate of drug-likeness (QED) is 0.102. The van der Waals surface area contributed by atoms with Crippen LogP contribution in [-0.4, -0.2) is 77.3 Å². The molecule has 36 heavy (non-hydrogen) atoms. The summed E-state index contributed by atoms with van der Waals surface area (Å²) in [5, 5.41) is 0. The minimum absolute atomic E-state index is 0. The second-order valence-electron chi connectivity index (χ2n) is 6.03. The molecule has 0 radical (unpaired) electrons. The zero-order valence-corrected chi connectivity index (χ0v) is 19.8. The molecular weight excluding hydrogens is 539 g/mol. The van der Waals surface area contributed by atoms with E-state index in [1.807, 2.05) is 0 Å². The normalized spacial score (nSPS) is 9.94. The Morgan fingerprint density at radius 2 is 0.583 bits per heavy atom. The average molecular weight is 557 g/mol. The van der Waals surface area contributed by atoms with Crippen LogP contribution in [0.3, 0.4) is 0 Å². The SMILES string of the molecule is O=S(=O)([O-])[O-].[Ni+2].c1c[nH]c(-c2ncc[nH]2)n1.c1c[nH]c(-c2ncc[nH]2)n1.c1c[nH]c(-c2ncc[nH]2)n1. The molecule has 0 saturated heterocycles. The standard InChI is InChI=1S/3C6H6N4.Ni.H2O4S/c3*1-2-8-5(7-1)6-9-3-4-10-6;;1-5(2,3)4/h3*1-4H,(H,7,8)(H,9,10);;(H2,1,2,3,4)/q;;;+2;/p-2. The van der Waals surface area contributed by atoms with Gasteiger partial charge in [-0.25, -0.2) is 29.9 Å². The minimum atomic E-state index is -5.17. The molecule has 0 fully saturated rings. The molecule has 6 rings (SSSR count). The van der Waals surface area contributed by atoms with Crippen LogP contribution in [0.1, 0.15) is 0 Å². The Kier molecular flexibility index (Phi) is 10.9. The van der Waals surface area contributed by atoms with E-state index in [0.29, 0.717) is 0 Å². The van der Waals surface area contributed by atoms with Gasteiger partial charge in [0.15, 0.2) is 34.9 Å². The van der Waals surface area contributed by atoms with Gasteiger partial charge in [0.1, 0.15) is 0 Å². The van der Waals surface area contributed by atoms with Crippen molar-refractivity contribution in [2.45, 2.75) is 0 Å². The Balaban J connectivity index is 0.000000172. The fraction of sp³-hybridized carbons (Fsp3) is 0. The predicted octanol–water partition coefficient (Wildman–Crippen LogP) is 1.06. The van der Waals surface area contributed by atoms with E-state index in [9.17, 15) is 0 Å². The molecule has 0 atom stereocenters. The van der Waals surface area contributed by atoms with Gasteiger partial charge >= 0.3 is 16.5 Å². The first kappa shape index (κ1) is 27.9. The van der Waals surface area contributed by atoms with Crippen LogP contribution in [0.5, 0.6) is 0 Å². The molecule has 0 aliphatic rings. The number of H-pyrrole nitrogens is 6. The Hall–Kier alpha value is -4.38. The second-order valence-corrected chi connectivity index (χ2v) is 6.85. The second kappa shape index (κ2) is 14.1. The Morgan fingerprint density at radius 3 is 0.667 bits per heavy atom. The van der Waals surface area contributed by atoms with Crippen molar-refractivity contribution in [3.05, 3.63) is 74.4 Å². The summed E-state index contributed by atoms with van der Waals surface area (Å²) in [6.45, 7) is 0. The zero-order chi connectivity index (χ0) is 24.9. The van der Waals surface area contributed by atoms with Crippen LogP contribution in [0.15, 0.2) is 74.4 Å². The van der Waals surface area contributed by atoms with Crippen LogP contribution in [0.25, 0.3) is 34.9 Å². The topological polar surface area (TPSA) is 252 Å². The maximum atomic E-state index is 8.52. The van der Waals surface area contributed by atoms with Crippen molar-refractivity contribution in [1.29, 1.82) is 0 Å². The number of imidazole rings is 6. The maximum absolute atomic E-state index is 8.52. The fourth-order valence-electron chi connectivity index (χ4n) is 2.37. The maximum Gasteiger partial charge on any atom is 2.00 e. The van der Waals surface area contributed by atoms with Gasteiger partial charge < -0.3 is 39.0 Å². The molecule has 190 valence electrons. The number of aromatic amines is 6. The molecule has 16 nitrogen and oxygen atoms in total. The van der Waals surface area contributed by atoms with Crippen LogP contribution in [0.2, 0.25) is 0 Å². The summed E-state index contributed by atoms with van der Waals surface area (Å²) in [4.78, 5) is 41.7. The number of hydrogen-bond donors (Lipinski definition) is 6. The predicted molar refractivity (Wildman–Crippen MR) is 119 cm³/mol. The molecule has 6 aromatic rings. The molecule has 0 aliphatic heterocycles. The van der Waals surface area contributed by atoms with Crippen molar-refractivity contribution in [3.63, 3.8) is 0 Å². The number of aromatic nitrogens is 12. The van der Waals surface area contributed by atoms with Crippen molar-refractivity contribution in [1.82, 2.24) is 59.8 Å². The molecule has 0 spiro atoms. The summed E-state index contributed by atoms with van der Waals surface area (Å²) >= 11 is 0. The Bertz CT molecular complexity index is 1140. The number of nitrogens with zero attached hydrogens (tertiary/aromatic N) is 6. The van der Waals surface area contributed by atoms with E-state index in [1.54, 1.807) is 74.4 Å². The average Bonchev–Trinajstić information content (AvgIpc) is 3.70. The van der Waals surface area contributed by atoms with E-state index in [1.165, 1.54) is 0 Å². The first-order valence-corrected chi connectivity index (χ1v) is 10.9. The summed E-state index contributed by atoms with van der Waals surface area (Å²) in [7, 11) is -5.17. The van der Waals surface area contributed by atoms with E-state index < -0.39 is 10.4 Å². The van der Waals surface area contributed by atoms with E-state index in [0.717, 1.165) is 34.9 Å². The fourth-order valence-corrected chi connectivity index (χ4v) is 2.37. The number of rotatable bonds is 3. The van der Waals surface area contributed by atoms with Gasteiger partial charge in [0, 0.05) is 84.8 Å². The molecular formula is C18H18N12NiO4S. The smallest absolute Gasteiger partial charge is 0.759 e. The van der Waals surface area contributed by atoms with Crippen molar-refractivity contribution >= 4 is 10.4 Å². The van der Waals surface area contributed by atoms with E-state index in [-0.39, 0.29) is 16.5 Å². The van der Waals surface area contributed by atoms with Gasteiger partial charge in [-0.2, -0.15) is 0 Å². The summed E-state index contributed by atoms with van der Waals surface area (Å²) in [6.07, 6.45) is 20.7. The molecule has 0 saturated carbocycles. The Labute approximate surface area is 213 Å². The van der Waals surface area contributed by atoms with Crippen LogP contribution in [0, 0.1) is 0 Å². The number of hydrogen-bond acceptors (Lipinski definition) is 10. The van der Waals surface area contributed by atoms with Crippen molar-refractivity contribution < 1.29 is 34.0 Å². The third-order valence-corrected chi connectivity index (χ3v) is 3.66. The first-order chi connectivity index (χ1) is 16.9. The van der Waals surface area contributed by atoms with Crippen molar-refractivity contribution in [3.8, 4) is 34.9 Å². The van der Waals surface area contributed by atoms with Gasteiger partial charge in [-0.15, -0.1) is 0 Å². The van der Waals surface area contributed by atoms with E-state index in [4.69, 9.17) is 17.5 Å². The Morgan fingerprint density at radius 1 is 0.444 bits per heavy atom.